The van der Waals surface area contributed by atoms with Crippen molar-refractivity contribution >= 4 is 5.82 Å². The van der Waals surface area contributed by atoms with Crippen LogP contribution in [0.1, 0.15) is 36.9 Å². The minimum absolute atomic E-state index is 0.841. The van der Waals surface area contributed by atoms with E-state index in [4.69, 9.17) is 0 Å². The molecule has 2 aliphatic carbocycles. The maximum Gasteiger partial charge on any atom is 0.155 e. The molecular weight excluding hydrogens is 190 g/mol. The van der Waals surface area contributed by atoms with E-state index in [2.05, 4.69) is 10.4 Å². The molecule has 2 N–H and O–H groups in total. The van der Waals surface area contributed by atoms with E-state index < -0.39 is 0 Å². The van der Waals surface area contributed by atoms with Gasteiger partial charge in [0.2, 0.25) is 0 Å². The van der Waals surface area contributed by atoms with Crippen molar-refractivity contribution in [3.8, 4) is 0 Å². The first-order chi connectivity index (χ1) is 7.34. The maximum atomic E-state index is 9.62. The van der Waals surface area contributed by atoms with Crippen LogP contribution >= 0.6 is 0 Å². The predicted molar refractivity (Wildman–Crippen MR) is 57.3 cm³/mol. The van der Waals surface area contributed by atoms with E-state index in [0.29, 0.717) is 0 Å². The van der Waals surface area contributed by atoms with Crippen molar-refractivity contribution in [3.63, 3.8) is 0 Å². The van der Waals surface area contributed by atoms with Gasteiger partial charge >= 0.3 is 0 Å². The zero-order chi connectivity index (χ0) is 10.3. The molecule has 1 heterocycles. The first kappa shape index (κ1) is 9.07. The highest BCUT2D eigenvalue weighted by Crippen LogP contribution is 2.31. The monoisotopic (exact) mass is 207 g/mol. The van der Waals surface area contributed by atoms with Crippen molar-refractivity contribution in [2.24, 2.45) is 5.92 Å². The first-order valence-electron chi connectivity index (χ1n) is 5.88. The van der Waals surface area contributed by atoms with Gasteiger partial charge in [-0.05, 0) is 44.4 Å². The van der Waals surface area contributed by atoms with Crippen LogP contribution in [0.25, 0.3) is 0 Å². The van der Waals surface area contributed by atoms with E-state index in [1.54, 1.807) is 0 Å². The molecule has 4 nitrogen and oxygen atoms in total. The number of nitrogens with one attached hydrogen (secondary N) is 1. The SMILES string of the molecule is On1nc(NCC2CC2)c2c1CCCC2. The van der Waals surface area contributed by atoms with Gasteiger partial charge in [0.25, 0.3) is 0 Å². The molecule has 3 rings (SSSR count). The van der Waals surface area contributed by atoms with Gasteiger partial charge in [-0.15, -0.1) is 9.94 Å². The molecule has 1 aromatic heterocycles. The molecule has 0 bridgehead atoms. The Bertz CT molecular complexity index is 368. The summed E-state index contributed by atoms with van der Waals surface area (Å²) < 4.78 is 0. The summed E-state index contributed by atoms with van der Waals surface area (Å²) in [5.74, 6) is 1.76. The van der Waals surface area contributed by atoms with Gasteiger partial charge in [-0.2, -0.15) is 0 Å². The molecule has 0 aromatic carbocycles. The van der Waals surface area contributed by atoms with Crippen LogP contribution in [0.15, 0.2) is 0 Å². The Morgan fingerprint density at radius 2 is 2.13 bits per heavy atom. The highest BCUT2D eigenvalue weighted by atomic mass is 16.5. The van der Waals surface area contributed by atoms with Gasteiger partial charge in [0, 0.05) is 12.1 Å². The number of hydrogen-bond acceptors (Lipinski definition) is 3. The molecule has 0 radical (unpaired) electrons. The molecule has 4 heteroatoms. The predicted octanol–water partition coefficient (Wildman–Crippen LogP) is 1.82. The van der Waals surface area contributed by atoms with Crippen LogP contribution in [0.5, 0.6) is 0 Å². The highest BCUT2D eigenvalue weighted by Gasteiger charge is 2.24. The molecule has 0 saturated heterocycles. The minimum atomic E-state index is 0.841. The Labute approximate surface area is 89.2 Å². The molecule has 1 aromatic rings. The highest BCUT2D eigenvalue weighted by molar-refractivity contribution is 5.48. The quantitative estimate of drug-likeness (QED) is 0.743. The number of rotatable bonds is 3. The molecule has 0 atom stereocenters. The van der Waals surface area contributed by atoms with Gasteiger partial charge in [-0.3, -0.25) is 0 Å². The van der Waals surface area contributed by atoms with Crippen LogP contribution in [-0.4, -0.2) is 21.7 Å². The molecule has 0 aliphatic heterocycles. The third kappa shape index (κ3) is 1.68. The van der Waals surface area contributed by atoms with Crippen molar-refractivity contribution in [3.05, 3.63) is 11.3 Å². The standard InChI is InChI=1S/C11H17N3O/c15-14-10-4-2-1-3-9(10)11(13-14)12-7-8-5-6-8/h8,15H,1-7H2,(H,12,13). The van der Waals surface area contributed by atoms with Crippen LogP contribution in [0.3, 0.4) is 0 Å². The van der Waals surface area contributed by atoms with E-state index in [9.17, 15) is 5.21 Å². The van der Waals surface area contributed by atoms with E-state index in [-0.39, 0.29) is 0 Å². The summed E-state index contributed by atoms with van der Waals surface area (Å²) in [5.41, 5.74) is 2.25. The average Bonchev–Trinajstić information content (AvgIpc) is 3.03. The second-order valence-electron chi connectivity index (χ2n) is 4.69. The van der Waals surface area contributed by atoms with Crippen molar-refractivity contribution in [2.75, 3.05) is 11.9 Å². The maximum absolute atomic E-state index is 9.62. The zero-order valence-corrected chi connectivity index (χ0v) is 8.87. The largest absolute Gasteiger partial charge is 0.411 e. The topological polar surface area (TPSA) is 50.1 Å². The summed E-state index contributed by atoms with van der Waals surface area (Å²) in [7, 11) is 0. The average molecular weight is 207 g/mol. The van der Waals surface area contributed by atoms with E-state index >= 15 is 0 Å². The third-order valence-electron chi connectivity index (χ3n) is 3.42. The number of hydrogen-bond donors (Lipinski definition) is 2. The summed E-state index contributed by atoms with van der Waals surface area (Å²) in [6.45, 7) is 1.02. The fourth-order valence-corrected chi connectivity index (χ4v) is 2.29. The molecule has 0 spiro atoms. The third-order valence-corrected chi connectivity index (χ3v) is 3.42. The van der Waals surface area contributed by atoms with Crippen LogP contribution in [-0.2, 0) is 12.8 Å². The lowest BCUT2D eigenvalue weighted by atomic mass is 9.97. The molecule has 15 heavy (non-hydrogen) atoms. The Morgan fingerprint density at radius 3 is 2.93 bits per heavy atom. The normalized spacial score (nSPS) is 20.0. The Hall–Kier alpha value is -1.19. The number of nitrogens with zero attached hydrogens (tertiary/aromatic N) is 2. The molecule has 82 valence electrons. The van der Waals surface area contributed by atoms with Gasteiger partial charge in [0.1, 0.15) is 0 Å². The molecule has 0 unspecified atom stereocenters. The second-order valence-corrected chi connectivity index (χ2v) is 4.69. The molecular formula is C11H17N3O. The fraction of sp³-hybridized carbons (Fsp3) is 0.727. The lowest BCUT2D eigenvalue weighted by molar-refractivity contribution is 0.139. The smallest absolute Gasteiger partial charge is 0.155 e. The zero-order valence-electron chi connectivity index (χ0n) is 8.87. The van der Waals surface area contributed by atoms with E-state index in [1.807, 2.05) is 0 Å². The van der Waals surface area contributed by atoms with Crippen LogP contribution in [0, 0.1) is 5.92 Å². The molecule has 1 saturated carbocycles. The van der Waals surface area contributed by atoms with Crippen molar-refractivity contribution in [1.29, 1.82) is 0 Å². The van der Waals surface area contributed by atoms with Gasteiger partial charge < -0.3 is 10.5 Å². The lowest BCUT2D eigenvalue weighted by Gasteiger charge is -2.11. The van der Waals surface area contributed by atoms with Gasteiger partial charge in [-0.1, -0.05) is 0 Å². The van der Waals surface area contributed by atoms with E-state index in [1.165, 1.54) is 31.2 Å². The summed E-state index contributed by atoms with van der Waals surface area (Å²) in [5, 5.41) is 17.1. The van der Waals surface area contributed by atoms with Gasteiger partial charge in [0.05, 0.1) is 5.69 Å². The van der Waals surface area contributed by atoms with Crippen molar-refractivity contribution < 1.29 is 5.21 Å². The number of fused-ring (bicyclic) bond motifs is 1. The lowest BCUT2D eigenvalue weighted by Crippen LogP contribution is -2.08. The van der Waals surface area contributed by atoms with Gasteiger partial charge in [0.15, 0.2) is 5.82 Å². The van der Waals surface area contributed by atoms with Crippen LogP contribution < -0.4 is 5.32 Å². The molecule has 1 fully saturated rings. The summed E-state index contributed by atoms with van der Waals surface area (Å²) >= 11 is 0. The Morgan fingerprint density at radius 1 is 1.33 bits per heavy atom. The molecule has 0 amide bonds. The van der Waals surface area contributed by atoms with Gasteiger partial charge in [-0.25, -0.2) is 0 Å². The number of anilines is 1. The number of aromatic nitrogens is 2. The Kier molecular flexibility index (Phi) is 2.08. The van der Waals surface area contributed by atoms with Crippen LogP contribution in [0.4, 0.5) is 5.82 Å². The van der Waals surface area contributed by atoms with Crippen LogP contribution in [0.2, 0.25) is 0 Å². The minimum Gasteiger partial charge on any atom is -0.411 e. The second kappa shape index (κ2) is 3.43. The van der Waals surface area contributed by atoms with Crippen molar-refractivity contribution in [1.82, 2.24) is 9.94 Å². The van der Waals surface area contributed by atoms with Crippen molar-refractivity contribution in [2.45, 2.75) is 38.5 Å². The first-order valence-corrected chi connectivity index (χ1v) is 5.88. The van der Waals surface area contributed by atoms with E-state index in [0.717, 1.165) is 41.7 Å². The summed E-state index contributed by atoms with van der Waals surface area (Å²) in [6.07, 6.45) is 7.09. The molecule has 2 aliphatic rings. The fourth-order valence-electron chi connectivity index (χ4n) is 2.29. The summed E-state index contributed by atoms with van der Waals surface area (Å²) in [6, 6.07) is 0. The summed E-state index contributed by atoms with van der Waals surface area (Å²) in [4.78, 5) is 1.07. The Balaban J connectivity index is 1.79.